The zero-order valence-corrected chi connectivity index (χ0v) is 15.1. The van der Waals surface area contributed by atoms with E-state index in [1.165, 1.54) is 6.07 Å². The van der Waals surface area contributed by atoms with Crippen LogP contribution in [0.5, 0.6) is 11.5 Å². The lowest BCUT2D eigenvalue weighted by Crippen LogP contribution is -2.21. The molecule has 0 aliphatic heterocycles. The summed E-state index contributed by atoms with van der Waals surface area (Å²) in [4.78, 5) is 23.1. The average Bonchev–Trinajstić information content (AvgIpc) is 2.67. The summed E-state index contributed by atoms with van der Waals surface area (Å²) >= 11 is 0. The SMILES string of the molecule is COc1ccc(CNC[C@H](C)c2ncc3ccc(=O)[nH]c3n2)cc1OC. The number of benzene rings is 1. The number of hydrogen-bond acceptors (Lipinski definition) is 6. The van der Waals surface area contributed by atoms with Gasteiger partial charge in [0.1, 0.15) is 11.5 Å². The molecule has 3 aromatic rings. The number of H-pyrrole nitrogens is 1. The number of ether oxygens (including phenoxy) is 2. The second kappa shape index (κ2) is 7.97. The van der Waals surface area contributed by atoms with Gasteiger partial charge in [0.2, 0.25) is 5.56 Å². The molecule has 7 nitrogen and oxygen atoms in total. The molecule has 1 atom stereocenters. The van der Waals surface area contributed by atoms with Gasteiger partial charge in [0, 0.05) is 36.7 Å². The Bertz CT molecular complexity index is 955. The normalized spacial score (nSPS) is 12.1. The predicted octanol–water partition coefficient (Wildman–Crippen LogP) is 2.23. The van der Waals surface area contributed by atoms with Crippen molar-refractivity contribution in [3.05, 3.63) is 58.3 Å². The number of aromatic amines is 1. The van der Waals surface area contributed by atoms with Crippen molar-refractivity contribution < 1.29 is 9.47 Å². The van der Waals surface area contributed by atoms with Crippen molar-refractivity contribution in [2.24, 2.45) is 0 Å². The fraction of sp³-hybridized carbons (Fsp3) is 0.316. The Balaban J connectivity index is 1.64. The van der Waals surface area contributed by atoms with E-state index in [4.69, 9.17) is 9.47 Å². The highest BCUT2D eigenvalue weighted by atomic mass is 16.5. The predicted molar refractivity (Wildman–Crippen MR) is 99.8 cm³/mol. The van der Waals surface area contributed by atoms with Crippen LogP contribution < -0.4 is 20.3 Å². The molecule has 26 heavy (non-hydrogen) atoms. The Morgan fingerprint density at radius 3 is 2.73 bits per heavy atom. The van der Waals surface area contributed by atoms with Gasteiger partial charge in [0.15, 0.2) is 11.5 Å². The Morgan fingerprint density at radius 1 is 1.15 bits per heavy atom. The molecule has 0 bridgehead atoms. The van der Waals surface area contributed by atoms with Crippen molar-refractivity contribution in [3.63, 3.8) is 0 Å². The summed E-state index contributed by atoms with van der Waals surface area (Å²) < 4.78 is 10.6. The molecule has 3 rings (SSSR count). The standard InChI is InChI=1S/C19H22N4O3/c1-12(18-21-11-14-5-7-17(24)22-19(14)23-18)9-20-10-13-4-6-15(25-2)16(8-13)26-3/h4-8,11-12,20H,9-10H2,1-3H3,(H,21,22,23,24)/t12-/m0/s1. The summed E-state index contributed by atoms with van der Waals surface area (Å²) in [5.74, 6) is 2.22. The minimum absolute atomic E-state index is 0.100. The molecule has 0 unspecified atom stereocenters. The fourth-order valence-electron chi connectivity index (χ4n) is 2.70. The topological polar surface area (TPSA) is 89.1 Å². The Kier molecular flexibility index (Phi) is 5.48. The number of rotatable bonds is 7. The van der Waals surface area contributed by atoms with Gasteiger partial charge in [-0.15, -0.1) is 0 Å². The molecule has 2 N–H and O–H groups in total. The monoisotopic (exact) mass is 354 g/mol. The van der Waals surface area contributed by atoms with Crippen LogP contribution in [-0.2, 0) is 6.54 Å². The lowest BCUT2D eigenvalue weighted by atomic mass is 10.1. The summed E-state index contributed by atoms with van der Waals surface area (Å²) in [6.45, 7) is 3.44. The van der Waals surface area contributed by atoms with Gasteiger partial charge >= 0.3 is 0 Å². The molecule has 0 aliphatic rings. The lowest BCUT2D eigenvalue weighted by Gasteiger charge is -2.13. The van der Waals surface area contributed by atoms with E-state index in [1.807, 2.05) is 25.1 Å². The molecule has 0 amide bonds. The number of aromatic nitrogens is 3. The maximum Gasteiger partial charge on any atom is 0.249 e. The van der Waals surface area contributed by atoms with Gasteiger partial charge in [-0.05, 0) is 23.8 Å². The Morgan fingerprint density at radius 2 is 1.96 bits per heavy atom. The van der Waals surface area contributed by atoms with Crippen molar-refractivity contribution >= 4 is 11.0 Å². The van der Waals surface area contributed by atoms with Gasteiger partial charge in [-0.2, -0.15) is 0 Å². The number of hydrogen-bond donors (Lipinski definition) is 2. The van der Waals surface area contributed by atoms with E-state index in [2.05, 4.69) is 20.3 Å². The second-order valence-corrected chi connectivity index (χ2v) is 6.08. The summed E-state index contributed by atoms with van der Waals surface area (Å²) in [5.41, 5.74) is 1.49. The molecule has 0 aliphatic carbocycles. The quantitative estimate of drug-likeness (QED) is 0.676. The van der Waals surface area contributed by atoms with Crippen molar-refractivity contribution in [2.75, 3.05) is 20.8 Å². The summed E-state index contributed by atoms with van der Waals surface area (Å²) in [5, 5.41) is 4.22. The van der Waals surface area contributed by atoms with E-state index in [9.17, 15) is 4.79 Å². The maximum absolute atomic E-state index is 11.4. The van der Waals surface area contributed by atoms with Crippen LogP contribution in [-0.4, -0.2) is 35.7 Å². The highest BCUT2D eigenvalue weighted by Gasteiger charge is 2.10. The molecule has 0 fully saturated rings. The van der Waals surface area contributed by atoms with Crippen molar-refractivity contribution in [3.8, 4) is 11.5 Å². The van der Waals surface area contributed by atoms with Gasteiger partial charge in [-0.25, -0.2) is 9.97 Å². The molecule has 0 spiro atoms. The van der Waals surface area contributed by atoms with E-state index in [0.29, 0.717) is 36.1 Å². The first kappa shape index (κ1) is 17.9. The molecular formula is C19H22N4O3. The highest BCUT2D eigenvalue weighted by Crippen LogP contribution is 2.27. The molecule has 0 radical (unpaired) electrons. The van der Waals surface area contributed by atoms with Crippen LogP contribution in [0.15, 0.2) is 41.3 Å². The highest BCUT2D eigenvalue weighted by molar-refractivity contribution is 5.72. The second-order valence-electron chi connectivity index (χ2n) is 6.08. The van der Waals surface area contributed by atoms with E-state index >= 15 is 0 Å². The van der Waals surface area contributed by atoms with Crippen LogP contribution in [0.2, 0.25) is 0 Å². The van der Waals surface area contributed by atoms with Gasteiger partial charge in [-0.3, -0.25) is 4.79 Å². The van der Waals surface area contributed by atoms with E-state index in [1.54, 1.807) is 26.5 Å². The summed E-state index contributed by atoms with van der Waals surface area (Å²) in [6, 6.07) is 9.03. The molecule has 0 saturated carbocycles. The fourth-order valence-corrected chi connectivity index (χ4v) is 2.70. The zero-order valence-electron chi connectivity index (χ0n) is 15.1. The Hall–Kier alpha value is -2.93. The third kappa shape index (κ3) is 4.00. The minimum Gasteiger partial charge on any atom is -0.493 e. The van der Waals surface area contributed by atoms with Crippen molar-refractivity contribution in [2.45, 2.75) is 19.4 Å². The maximum atomic E-state index is 11.4. The van der Waals surface area contributed by atoms with Crippen LogP contribution in [0.25, 0.3) is 11.0 Å². The van der Waals surface area contributed by atoms with Gasteiger partial charge < -0.3 is 19.8 Å². The summed E-state index contributed by atoms with van der Waals surface area (Å²) in [7, 11) is 3.24. The molecule has 1 aromatic carbocycles. The smallest absolute Gasteiger partial charge is 0.249 e. The first-order valence-electron chi connectivity index (χ1n) is 8.38. The third-order valence-corrected chi connectivity index (χ3v) is 4.16. The van der Waals surface area contributed by atoms with E-state index < -0.39 is 0 Å². The number of nitrogens with zero attached hydrogens (tertiary/aromatic N) is 2. The van der Waals surface area contributed by atoms with Gasteiger partial charge in [-0.1, -0.05) is 13.0 Å². The van der Waals surface area contributed by atoms with Gasteiger partial charge in [0.25, 0.3) is 0 Å². The number of nitrogens with one attached hydrogen (secondary N) is 2. The molecule has 7 heteroatoms. The number of fused-ring (bicyclic) bond motifs is 1. The Labute approximate surface area is 151 Å². The van der Waals surface area contributed by atoms with E-state index in [0.717, 1.165) is 10.9 Å². The van der Waals surface area contributed by atoms with Gasteiger partial charge in [0.05, 0.1) is 14.2 Å². The van der Waals surface area contributed by atoms with Crippen molar-refractivity contribution in [1.82, 2.24) is 20.3 Å². The summed E-state index contributed by atoms with van der Waals surface area (Å²) in [6.07, 6.45) is 1.73. The minimum atomic E-state index is -0.165. The molecule has 136 valence electrons. The number of methoxy groups -OCH3 is 2. The molecule has 2 aromatic heterocycles. The first-order valence-corrected chi connectivity index (χ1v) is 8.38. The zero-order chi connectivity index (χ0) is 18.5. The van der Waals surface area contributed by atoms with E-state index in [-0.39, 0.29) is 11.5 Å². The first-order chi connectivity index (χ1) is 12.6. The van der Waals surface area contributed by atoms with Crippen LogP contribution in [0, 0.1) is 0 Å². The van der Waals surface area contributed by atoms with Crippen LogP contribution in [0.3, 0.4) is 0 Å². The third-order valence-electron chi connectivity index (χ3n) is 4.16. The van der Waals surface area contributed by atoms with Crippen LogP contribution in [0.4, 0.5) is 0 Å². The lowest BCUT2D eigenvalue weighted by molar-refractivity contribution is 0.354. The molecule has 2 heterocycles. The molecule has 0 saturated heterocycles. The molecular weight excluding hydrogens is 332 g/mol. The average molecular weight is 354 g/mol. The largest absolute Gasteiger partial charge is 0.493 e. The van der Waals surface area contributed by atoms with Crippen molar-refractivity contribution in [1.29, 1.82) is 0 Å². The number of pyridine rings is 1. The van der Waals surface area contributed by atoms with Crippen LogP contribution in [0.1, 0.15) is 24.2 Å². The van der Waals surface area contributed by atoms with Crippen LogP contribution >= 0.6 is 0 Å².